The second kappa shape index (κ2) is 12.0. The Kier molecular flexibility index (Phi) is 8.76. The number of nitrogens with zero attached hydrogens (tertiary/aromatic N) is 2. The zero-order valence-electron chi connectivity index (χ0n) is 21.6. The number of methoxy groups -OCH3 is 3. The first-order valence-electron chi connectivity index (χ1n) is 11.3. The van der Waals surface area contributed by atoms with E-state index in [0.29, 0.717) is 33.8 Å². The van der Waals surface area contributed by atoms with Crippen molar-refractivity contribution in [3.8, 4) is 28.7 Å². The molecule has 0 spiro atoms. The summed E-state index contributed by atoms with van der Waals surface area (Å²) in [5.74, 6) is -0.190. The summed E-state index contributed by atoms with van der Waals surface area (Å²) in [6, 6.07) is 12.9. The molecule has 1 aliphatic heterocycles. The fourth-order valence-corrected chi connectivity index (χ4v) is 4.79. The molecular weight excluding hydrogens is 535 g/mol. The Hall–Kier alpha value is -3.64. The van der Waals surface area contributed by atoms with Crippen molar-refractivity contribution in [3.63, 3.8) is 0 Å². The van der Waals surface area contributed by atoms with Gasteiger partial charge in [-0.15, -0.1) is 0 Å². The van der Waals surface area contributed by atoms with Gasteiger partial charge in [-0.2, -0.15) is 8.75 Å². The Morgan fingerprint density at radius 1 is 0.872 bits per heavy atom. The number of hydrogen-bond donors (Lipinski definition) is 0. The van der Waals surface area contributed by atoms with Gasteiger partial charge in [0.2, 0.25) is 12.5 Å². The summed E-state index contributed by atoms with van der Waals surface area (Å²) in [4.78, 5) is 26.7. The van der Waals surface area contributed by atoms with Crippen LogP contribution in [0.1, 0.15) is 21.5 Å². The van der Waals surface area contributed by atoms with Crippen molar-refractivity contribution in [2.24, 2.45) is 0 Å². The molecular formula is C27H21N2NaO8S. The third kappa shape index (κ3) is 5.57. The van der Waals surface area contributed by atoms with Crippen LogP contribution in [0.25, 0.3) is 16.6 Å². The van der Waals surface area contributed by atoms with Crippen molar-refractivity contribution in [2.75, 3.05) is 28.1 Å². The first-order valence-corrected chi connectivity index (χ1v) is 12.1. The van der Waals surface area contributed by atoms with Gasteiger partial charge in [0.1, 0.15) is 11.0 Å². The second-order valence-electron chi connectivity index (χ2n) is 8.22. The first-order chi connectivity index (χ1) is 18.4. The molecule has 0 radical (unpaired) electrons. The van der Waals surface area contributed by atoms with Gasteiger partial charge < -0.3 is 33.6 Å². The van der Waals surface area contributed by atoms with Gasteiger partial charge in [0.15, 0.2) is 28.8 Å². The van der Waals surface area contributed by atoms with E-state index in [1.54, 1.807) is 36.4 Å². The van der Waals surface area contributed by atoms with Gasteiger partial charge in [-0.3, -0.25) is 4.79 Å². The number of hydrogen-bond acceptors (Lipinski definition) is 11. The van der Waals surface area contributed by atoms with Crippen LogP contribution >= 0.6 is 11.7 Å². The minimum atomic E-state index is -1.51. The van der Waals surface area contributed by atoms with Crippen LogP contribution in [0.2, 0.25) is 0 Å². The maximum atomic E-state index is 14.1. The molecule has 0 aliphatic carbocycles. The van der Waals surface area contributed by atoms with Gasteiger partial charge in [0, 0.05) is 23.1 Å². The summed E-state index contributed by atoms with van der Waals surface area (Å²) < 4.78 is 35.4. The van der Waals surface area contributed by atoms with Crippen molar-refractivity contribution in [3.05, 3.63) is 70.8 Å². The Morgan fingerprint density at radius 2 is 1.56 bits per heavy atom. The number of ketones is 1. The molecule has 5 rings (SSSR count). The van der Waals surface area contributed by atoms with Crippen LogP contribution in [0, 0.1) is 0 Å². The van der Waals surface area contributed by atoms with Crippen molar-refractivity contribution in [1.82, 2.24) is 8.75 Å². The standard InChI is InChI=1S/C27H22N2O8S.Na/c1-33-22-11-16(12-23(34-2)26(22)35-3)25(30)17(8-14-4-7-20-21(9-14)37-13-36-20)24(27(31)32)15-5-6-18-19(10-15)29-38-28-18;/h4-7,9-12H,8,13H2,1-3H3,(H,31,32);/q;+1/p-1/b24-17+;. The third-order valence-corrected chi connectivity index (χ3v) is 6.62. The number of ether oxygens (including phenoxy) is 5. The average Bonchev–Trinajstić information content (AvgIpc) is 3.60. The number of carbonyl (C=O) groups excluding carboxylic acids is 2. The number of aromatic nitrogens is 2. The Balaban J connectivity index is 0.00000353. The summed E-state index contributed by atoms with van der Waals surface area (Å²) in [6.45, 7) is 0.0812. The fourth-order valence-electron chi connectivity index (χ4n) is 4.28. The van der Waals surface area contributed by atoms with E-state index in [1.807, 2.05) is 0 Å². The molecule has 0 amide bonds. The number of carboxylic acid groups (broad SMARTS) is 1. The first kappa shape index (κ1) is 28.4. The average molecular weight is 557 g/mol. The molecule has 10 nitrogen and oxygen atoms in total. The van der Waals surface area contributed by atoms with Crippen molar-refractivity contribution in [1.29, 1.82) is 0 Å². The van der Waals surface area contributed by atoms with Crippen LogP contribution in [0.3, 0.4) is 0 Å². The van der Waals surface area contributed by atoms with Gasteiger partial charge in [-0.25, -0.2) is 0 Å². The molecule has 12 heteroatoms. The summed E-state index contributed by atoms with van der Waals surface area (Å²) in [5, 5.41) is 12.6. The zero-order chi connectivity index (χ0) is 26.8. The van der Waals surface area contributed by atoms with Crippen molar-refractivity contribution < 1.29 is 67.9 Å². The summed E-state index contributed by atoms with van der Waals surface area (Å²) >= 11 is 1.01. The van der Waals surface area contributed by atoms with E-state index in [-0.39, 0.29) is 76.5 Å². The third-order valence-electron chi connectivity index (χ3n) is 6.07. The predicted molar refractivity (Wildman–Crippen MR) is 136 cm³/mol. The van der Waals surface area contributed by atoms with Gasteiger partial charge in [0.25, 0.3) is 0 Å². The van der Waals surface area contributed by atoms with E-state index in [0.717, 1.165) is 11.7 Å². The van der Waals surface area contributed by atoms with Crippen LogP contribution in [0.15, 0.2) is 54.1 Å². The number of aliphatic carboxylic acids is 1. The minimum Gasteiger partial charge on any atom is -0.545 e. The summed E-state index contributed by atoms with van der Waals surface area (Å²) in [5.41, 5.74) is 1.89. The van der Waals surface area contributed by atoms with E-state index in [1.165, 1.54) is 33.5 Å². The van der Waals surface area contributed by atoms with E-state index in [4.69, 9.17) is 23.7 Å². The molecule has 39 heavy (non-hydrogen) atoms. The molecule has 3 aromatic carbocycles. The Labute approximate surface area is 249 Å². The second-order valence-corrected chi connectivity index (χ2v) is 8.74. The molecule has 0 N–H and O–H groups in total. The van der Waals surface area contributed by atoms with Crippen LogP contribution in [0.4, 0.5) is 0 Å². The number of rotatable bonds is 9. The van der Waals surface area contributed by atoms with Gasteiger partial charge >= 0.3 is 29.6 Å². The van der Waals surface area contributed by atoms with Crippen molar-refractivity contribution in [2.45, 2.75) is 6.42 Å². The maximum absolute atomic E-state index is 14.1. The molecule has 2 heterocycles. The molecule has 194 valence electrons. The zero-order valence-corrected chi connectivity index (χ0v) is 24.4. The van der Waals surface area contributed by atoms with E-state index >= 15 is 0 Å². The van der Waals surface area contributed by atoms with Crippen LogP contribution < -0.4 is 58.3 Å². The molecule has 0 saturated carbocycles. The molecule has 4 aromatic rings. The number of Topliss-reactive ketones (excluding diaryl/α,β-unsaturated/α-hetero) is 1. The smallest absolute Gasteiger partial charge is 0.545 e. The molecule has 1 aliphatic rings. The van der Waals surface area contributed by atoms with E-state index in [9.17, 15) is 14.7 Å². The molecule has 0 bridgehead atoms. The minimum absolute atomic E-state index is 0. The SMILES string of the molecule is COc1cc(C(=O)/C(Cc2ccc3c(c2)OCO3)=C(/C(=O)[O-])c2ccc3nsnc3c2)cc(OC)c1OC.[Na+]. The van der Waals surface area contributed by atoms with E-state index < -0.39 is 11.8 Å². The van der Waals surface area contributed by atoms with Gasteiger partial charge in [-0.1, -0.05) is 12.1 Å². The Morgan fingerprint density at radius 3 is 2.23 bits per heavy atom. The quantitative estimate of drug-likeness (QED) is 0.159. The molecule has 0 fully saturated rings. The largest absolute Gasteiger partial charge is 1.00 e. The Bertz CT molecular complexity index is 1570. The number of carbonyl (C=O) groups is 2. The maximum Gasteiger partial charge on any atom is 1.00 e. The molecule has 0 unspecified atom stereocenters. The molecule has 1 aromatic heterocycles. The number of carboxylic acids is 1. The predicted octanol–water partition coefficient (Wildman–Crippen LogP) is 0.0789. The summed E-state index contributed by atoms with van der Waals surface area (Å²) in [7, 11) is 4.31. The van der Waals surface area contributed by atoms with Crippen LogP contribution in [-0.4, -0.2) is 48.6 Å². The number of fused-ring (bicyclic) bond motifs is 2. The molecule has 0 saturated heterocycles. The normalized spacial score (nSPS) is 12.4. The van der Waals surface area contributed by atoms with Crippen molar-refractivity contribution >= 4 is 40.1 Å². The van der Waals surface area contributed by atoms with Crippen LogP contribution in [-0.2, 0) is 11.2 Å². The van der Waals surface area contributed by atoms with Crippen LogP contribution in [0.5, 0.6) is 28.7 Å². The van der Waals surface area contributed by atoms with E-state index in [2.05, 4.69) is 8.75 Å². The molecule has 0 atom stereocenters. The number of allylic oxidation sites excluding steroid dienone is 1. The summed E-state index contributed by atoms with van der Waals surface area (Å²) in [6.07, 6.45) is -0.0389. The monoisotopic (exact) mass is 556 g/mol. The topological polar surface area (TPSA) is 129 Å². The van der Waals surface area contributed by atoms with Gasteiger partial charge in [-0.05, 0) is 47.5 Å². The van der Waals surface area contributed by atoms with Gasteiger partial charge in [0.05, 0.1) is 39.0 Å². The fraction of sp³-hybridized carbons (Fsp3) is 0.185. The number of benzene rings is 3.